The lowest BCUT2D eigenvalue weighted by Gasteiger charge is -2.17. The Morgan fingerprint density at radius 2 is 2.09 bits per heavy atom. The Labute approximate surface area is 139 Å². The SMILES string of the molecule is O=C(Cc1cccnc1)N[C@H]1CC(=O)N(c2ccc(Cl)cc2)C1. The number of hydrogen-bond donors (Lipinski definition) is 1. The molecule has 1 fully saturated rings. The smallest absolute Gasteiger partial charge is 0.229 e. The van der Waals surface area contributed by atoms with Crippen LogP contribution in [0.15, 0.2) is 48.8 Å². The lowest BCUT2D eigenvalue weighted by atomic mass is 10.2. The number of carbonyl (C=O) groups excluding carboxylic acids is 2. The molecule has 1 aromatic carbocycles. The summed E-state index contributed by atoms with van der Waals surface area (Å²) in [5, 5.41) is 3.54. The number of pyridine rings is 1. The van der Waals surface area contributed by atoms with Gasteiger partial charge < -0.3 is 10.2 Å². The molecule has 3 rings (SSSR count). The molecule has 1 aliphatic rings. The molecule has 1 atom stereocenters. The molecule has 0 spiro atoms. The maximum Gasteiger partial charge on any atom is 0.229 e. The first-order chi connectivity index (χ1) is 11.1. The van der Waals surface area contributed by atoms with E-state index in [-0.39, 0.29) is 24.3 Å². The second-order valence-corrected chi connectivity index (χ2v) is 5.92. The summed E-state index contributed by atoms with van der Waals surface area (Å²) >= 11 is 5.86. The summed E-state index contributed by atoms with van der Waals surface area (Å²) in [4.78, 5) is 29.9. The summed E-state index contributed by atoms with van der Waals surface area (Å²) < 4.78 is 0. The zero-order valence-electron chi connectivity index (χ0n) is 12.4. The molecule has 1 N–H and O–H groups in total. The van der Waals surface area contributed by atoms with Crippen LogP contribution in [0.25, 0.3) is 0 Å². The number of anilines is 1. The number of aromatic nitrogens is 1. The van der Waals surface area contributed by atoms with Crippen LogP contribution in [-0.4, -0.2) is 29.4 Å². The summed E-state index contributed by atoms with van der Waals surface area (Å²) in [5.74, 6) is -0.104. The molecule has 0 bridgehead atoms. The fraction of sp³-hybridized carbons (Fsp3) is 0.235. The standard InChI is InChI=1S/C17H16ClN3O2/c18-13-3-5-15(6-4-13)21-11-14(9-17(21)23)20-16(22)8-12-2-1-7-19-10-12/h1-7,10,14H,8-9,11H2,(H,20,22)/t14-/m0/s1. The quantitative estimate of drug-likeness (QED) is 0.935. The molecular formula is C17H16ClN3O2. The minimum Gasteiger partial charge on any atom is -0.351 e. The zero-order chi connectivity index (χ0) is 16.2. The number of hydrogen-bond acceptors (Lipinski definition) is 3. The summed E-state index contributed by atoms with van der Waals surface area (Å²) in [6.07, 6.45) is 3.90. The van der Waals surface area contributed by atoms with Crippen LogP contribution in [0.2, 0.25) is 5.02 Å². The summed E-state index contributed by atoms with van der Waals surface area (Å²) in [7, 11) is 0. The van der Waals surface area contributed by atoms with Gasteiger partial charge in [0.25, 0.3) is 0 Å². The van der Waals surface area contributed by atoms with Gasteiger partial charge in [0.2, 0.25) is 11.8 Å². The van der Waals surface area contributed by atoms with E-state index in [1.165, 1.54) is 0 Å². The van der Waals surface area contributed by atoms with E-state index in [0.717, 1.165) is 11.3 Å². The van der Waals surface area contributed by atoms with Crippen LogP contribution in [0.4, 0.5) is 5.69 Å². The number of nitrogens with zero attached hydrogens (tertiary/aromatic N) is 2. The third kappa shape index (κ3) is 3.87. The Bertz CT molecular complexity index is 704. The molecule has 0 aliphatic carbocycles. The molecule has 1 saturated heterocycles. The minimum absolute atomic E-state index is 0.000926. The number of rotatable bonds is 4. The normalized spacial score (nSPS) is 17.3. The van der Waals surface area contributed by atoms with Gasteiger partial charge in [0.1, 0.15) is 0 Å². The highest BCUT2D eigenvalue weighted by Gasteiger charge is 2.31. The number of halogens is 1. The molecule has 6 heteroatoms. The van der Waals surface area contributed by atoms with Crippen molar-refractivity contribution in [1.29, 1.82) is 0 Å². The van der Waals surface area contributed by atoms with Crippen LogP contribution in [0.3, 0.4) is 0 Å². The predicted octanol–water partition coefficient (Wildman–Crippen LogP) is 2.20. The Morgan fingerprint density at radius 1 is 1.30 bits per heavy atom. The molecule has 23 heavy (non-hydrogen) atoms. The fourth-order valence-corrected chi connectivity index (χ4v) is 2.77. The molecule has 0 saturated carbocycles. The van der Waals surface area contributed by atoms with Crippen molar-refractivity contribution < 1.29 is 9.59 Å². The van der Waals surface area contributed by atoms with Gasteiger partial charge in [-0.3, -0.25) is 14.6 Å². The first-order valence-electron chi connectivity index (χ1n) is 7.36. The van der Waals surface area contributed by atoms with E-state index in [9.17, 15) is 9.59 Å². The van der Waals surface area contributed by atoms with Gasteiger partial charge in [-0.1, -0.05) is 17.7 Å². The largest absolute Gasteiger partial charge is 0.351 e. The number of amides is 2. The van der Waals surface area contributed by atoms with Gasteiger partial charge in [-0.05, 0) is 35.9 Å². The maximum atomic E-state index is 12.1. The van der Waals surface area contributed by atoms with E-state index in [1.54, 1.807) is 47.6 Å². The first-order valence-corrected chi connectivity index (χ1v) is 7.74. The molecule has 1 aromatic heterocycles. The molecule has 118 valence electrons. The molecule has 1 aliphatic heterocycles. The molecule has 2 heterocycles. The molecular weight excluding hydrogens is 314 g/mol. The number of carbonyl (C=O) groups is 2. The van der Waals surface area contributed by atoms with Crippen molar-refractivity contribution >= 4 is 29.1 Å². The summed E-state index contributed by atoms with van der Waals surface area (Å²) in [6, 6.07) is 10.6. The molecule has 0 radical (unpaired) electrons. The monoisotopic (exact) mass is 329 g/mol. The molecule has 2 amide bonds. The Hall–Kier alpha value is -2.40. The summed E-state index contributed by atoms with van der Waals surface area (Å²) in [6.45, 7) is 0.471. The predicted molar refractivity (Wildman–Crippen MR) is 88.3 cm³/mol. The average Bonchev–Trinajstić information content (AvgIpc) is 2.89. The first kappa shape index (κ1) is 15.5. The second-order valence-electron chi connectivity index (χ2n) is 5.49. The van der Waals surface area contributed by atoms with E-state index in [0.29, 0.717) is 18.0 Å². The second kappa shape index (κ2) is 6.79. The topological polar surface area (TPSA) is 62.3 Å². The van der Waals surface area contributed by atoms with Crippen LogP contribution < -0.4 is 10.2 Å². The highest BCUT2D eigenvalue weighted by molar-refractivity contribution is 6.30. The van der Waals surface area contributed by atoms with Crippen molar-refractivity contribution in [2.24, 2.45) is 0 Å². The van der Waals surface area contributed by atoms with Crippen LogP contribution in [0.1, 0.15) is 12.0 Å². The van der Waals surface area contributed by atoms with Gasteiger partial charge in [0.05, 0.1) is 12.5 Å². The lowest BCUT2D eigenvalue weighted by Crippen LogP contribution is -2.38. The van der Waals surface area contributed by atoms with Gasteiger partial charge in [0.15, 0.2) is 0 Å². The van der Waals surface area contributed by atoms with Gasteiger partial charge in [-0.15, -0.1) is 0 Å². The Kier molecular flexibility index (Phi) is 4.57. The molecule has 5 nitrogen and oxygen atoms in total. The zero-order valence-corrected chi connectivity index (χ0v) is 13.2. The van der Waals surface area contributed by atoms with Crippen LogP contribution >= 0.6 is 11.6 Å². The highest BCUT2D eigenvalue weighted by Crippen LogP contribution is 2.23. The van der Waals surface area contributed by atoms with Crippen molar-refractivity contribution in [1.82, 2.24) is 10.3 Å². The van der Waals surface area contributed by atoms with Gasteiger partial charge in [0, 0.05) is 36.1 Å². The van der Waals surface area contributed by atoms with E-state index in [4.69, 9.17) is 11.6 Å². The van der Waals surface area contributed by atoms with Crippen molar-refractivity contribution in [2.75, 3.05) is 11.4 Å². The van der Waals surface area contributed by atoms with Gasteiger partial charge in [-0.25, -0.2) is 0 Å². The van der Waals surface area contributed by atoms with E-state index in [2.05, 4.69) is 10.3 Å². The Morgan fingerprint density at radius 3 is 2.78 bits per heavy atom. The van der Waals surface area contributed by atoms with Crippen LogP contribution in [0, 0.1) is 0 Å². The molecule has 0 unspecified atom stereocenters. The number of nitrogens with one attached hydrogen (secondary N) is 1. The molecule has 2 aromatic rings. The van der Waals surface area contributed by atoms with Crippen molar-refractivity contribution in [3.05, 3.63) is 59.4 Å². The van der Waals surface area contributed by atoms with Crippen LogP contribution in [-0.2, 0) is 16.0 Å². The average molecular weight is 330 g/mol. The third-order valence-electron chi connectivity index (χ3n) is 3.72. The van der Waals surface area contributed by atoms with Crippen molar-refractivity contribution in [2.45, 2.75) is 18.9 Å². The summed E-state index contributed by atoms with van der Waals surface area (Å²) in [5.41, 5.74) is 1.65. The van der Waals surface area contributed by atoms with Gasteiger partial charge >= 0.3 is 0 Å². The lowest BCUT2D eigenvalue weighted by molar-refractivity contribution is -0.121. The fourth-order valence-electron chi connectivity index (χ4n) is 2.64. The van der Waals surface area contributed by atoms with E-state index >= 15 is 0 Å². The van der Waals surface area contributed by atoms with Gasteiger partial charge in [-0.2, -0.15) is 0 Å². The third-order valence-corrected chi connectivity index (χ3v) is 3.97. The Balaban J connectivity index is 1.59. The van der Waals surface area contributed by atoms with E-state index in [1.807, 2.05) is 6.07 Å². The van der Waals surface area contributed by atoms with Crippen molar-refractivity contribution in [3.63, 3.8) is 0 Å². The maximum absolute atomic E-state index is 12.1. The van der Waals surface area contributed by atoms with Crippen LogP contribution in [0.5, 0.6) is 0 Å². The minimum atomic E-state index is -0.178. The van der Waals surface area contributed by atoms with Crippen molar-refractivity contribution in [3.8, 4) is 0 Å². The number of benzene rings is 1. The van der Waals surface area contributed by atoms with E-state index < -0.39 is 0 Å². The highest BCUT2D eigenvalue weighted by atomic mass is 35.5.